The minimum atomic E-state index is 0.101. The Labute approximate surface area is 120 Å². The van der Waals surface area contributed by atoms with E-state index in [1.807, 2.05) is 12.1 Å². The van der Waals surface area contributed by atoms with Crippen LogP contribution in [0.5, 0.6) is 5.75 Å². The van der Waals surface area contributed by atoms with Crippen LogP contribution in [0.4, 0.5) is 5.69 Å². The number of hydrogen-bond acceptors (Lipinski definition) is 3. The number of phenolic OH excluding ortho intramolecular Hbond substituents is 1. The molecular formula is C13H11Cl2NOS. The number of hydrogen-bond donors (Lipinski definition) is 2. The third kappa shape index (κ3) is 3.25. The van der Waals surface area contributed by atoms with E-state index < -0.39 is 0 Å². The molecule has 0 spiro atoms. The first-order valence-electron chi connectivity index (χ1n) is 5.21. The van der Waals surface area contributed by atoms with Crippen LogP contribution < -0.4 is 5.73 Å². The standard InChI is InChI=1S/C13H11Cl2NOS/c14-9-2-3-10(15)13(6-9)18-7-8-1-4-12(17)11(16)5-8/h1-6,17H,7,16H2. The van der Waals surface area contributed by atoms with E-state index >= 15 is 0 Å². The summed E-state index contributed by atoms with van der Waals surface area (Å²) in [4.78, 5) is 0.927. The molecule has 0 aromatic heterocycles. The highest BCUT2D eigenvalue weighted by Gasteiger charge is 2.04. The summed E-state index contributed by atoms with van der Waals surface area (Å²) < 4.78 is 0. The molecule has 0 radical (unpaired) electrons. The molecule has 0 heterocycles. The second-order valence-electron chi connectivity index (χ2n) is 3.76. The fourth-order valence-corrected chi connectivity index (χ4v) is 2.88. The predicted octanol–water partition coefficient (Wildman–Crippen LogP) is 4.57. The summed E-state index contributed by atoms with van der Waals surface area (Å²) in [6, 6.07) is 10.5. The van der Waals surface area contributed by atoms with Crippen molar-refractivity contribution in [3.63, 3.8) is 0 Å². The molecule has 2 nitrogen and oxygen atoms in total. The van der Waals surface area contributed by atoms with Crippen LogP contribution in [0, 0.1) is 0 Å². The second-order valence-corrected chi connectivity index (χ2v) is 5.62. The number of nitrogens with two attached hydrogens (primary N) is 1. The lowest BCUT2D eigenvalue weighted by Gasteiger charge is -2.06. The first-order valence-corrected chi connectivity index (χ1v) is 6.95. The molecule has 0 aliphatic rings. The van der Waals surface area contributed by atoms with Crippen molar-refractivity contribution >= 4 is 40.7 Å². The summed E-state index contributed by atoms with van der Waals surface area (Å²) in [6.07, 6.45) is 0. The van der Waals surface area contributed by atoms with E-state index in [1.54, 1.807) is 36.0 Å². The Morgan fingerprint density at radius 3 is 2.61 bits per heavy atom. The average molecular weight is 300 g/mol. The van der Waals surface area contributed by atoms with Crippen molar-refractivity contribution in [3.8, 4) is 5.75 Å². The Hall–Kier alpha value is -1.03. The van der Waals surface area contributed by atoms with Gasteiger partial charge in [-0.15, -0.1) is 11.8 Å². The van der Waals surface area contributed by atoms with Gasteiger partial charge in [0.15, 0.2) is 0 Å². The number of rotatable bonds is 3. The van der Waals surface area contributed by atoms with Crippen LogP contribution in [0.3, 0.4) is 0 Å². The number of thioether (sulfide) groups is 1. The quantitative estimate of drug-likeness (QED) is 0.496. The van der Waals surface area contributed by atoms with Gasteiger partial charge >= 0.3 is 0 Å². The molecule has 94 valence electrons. The number of phenols is 1. The van der Waals surface area contributed by atoms with Crippen LogP contribution >= 0.6 is 35.0 Å². The fraction of sp³-hybridized carbons (Fsp3) is 0.0769. The van der Waals surface area contributed by atoms with Gasteiger partial charge in [0, 0.05) is 15.7 Å². The van der Waals surface area contributed by atoms with E-state index in [1.165, 1.54) is 0 Å². The van der Waals surface area contributed by atoms with Gasteiger partial charge < -0.3 is 10.8 Å². The molecular weight excluding hydrogens is 289 g/mol. The molecule has 0 bridgehead atoms. The summed E-state index contributed by atoms with van der Waals surface area (Å²) in [6.45, 7) is 0. The van der Waals surface area contributed by atoms with Gasteiger partial charge in [-0.1, -0.05) is 29.3 Å². The highest BCUT2D eigenvalue weighted by Crippen LogP contribution is 2.33. The molecule has 2 aromatic rings. The summed E-state index contributed by atoms with van der Waals surface area (Å²) in [5, 5.41) is 10.7. The van der Waals surface area contributed by atoms with Crippen LogP contribution in [-0.2, 0) is 5.75 Å². The zero-order valence-corrected chi connectivity index (χ0v) is 11.7. The maximum atomic E-state index is 9.34. The van der Waals surface area contributed by atoms with Gasteiger partial charge in [0.25, 0.3) is 0 Å². The molecule has 0 saturated heterocycles. The topological polar surface area (TPSA) is 46.2 Å². The van der Waals surface area contributed by atoms with Crippen molar-refractivity contribution in [2.75, 3.05) is 5.73 Å². The SMILES string of the molecule is Nc1cc(CSc2cc(Cl)ccc2Cl)ccc1O. The minimum absolute atomic E-state index is 0.101. The summed E-state index contributed by atoms with van der Waals surface area (Å²) in [5.41, 5.74) is 7.04. The van der Waals surface area contributed by atoms with Crippen LogP contribution in [0.1, 0.15) is 5.56 Å². The Bertz CT molecular complexity index is 575. The van der Waals surface area contributed by atoms with E-state index in [0.717, 1.165) is 10.5 Å². The summed E-state index contributed by atoms with van der Waals surface area (Å²) in [5.74, 6) is 0.814. The third-order valence-corrected chi connectivity index (χ3v) is 4.18. The van der Waals surface area contributed by atoms with Crippen LogP contribution in [0.25, 0.3) is 0 Å². The van der Waals surface area contributed by atoms with E-state index in [-0.39, 0.29) is 5.75 Å². The maximum Gasteiger partial charge on any atom is 0.138 e. The lowest BCUT2D eigenvalue weighted by molar-refractivity contribution is 0.478. The number of benzene rings is 2. The Kier molecular flexibility index (Phi) is 4.27. The van der Waals surface area contributed by atoms with E-state index in [0.29, 0.717) is 21.5 Å². The van der Waals surface area contributed by atoms with Crippen LogP contribution in [0.15, 0.2) is 41.3 Å². The molecule has 2 aromatic carbocycles. The molecule has 0 aliphatic heterocycles. The predicted molar refractivity (Wildman–Crippen MR) is 78.5 cm³/mol. The van der Waals surface area contributed by atoms with Gasteiger partial charge in [0.2, 0.25) is 0 Å². The molecule has 0 saturated carbocycles. The van der Waals surface area contributed by atoms with Gasteiger partial charge in [-0.3, -0.25) is 0 Å². The molecule has 18 heavy (non-hydrogen) atoms. The molecule has 0 aliphatic carbocycles. The van der Waals surface area contributed by atoms with Gasteiger partial charge in [0.1, 0.15) is 5.75 Å². The van der Waals surface area contributed by atoms with Crippen LogP contribution in [-0.4, -0.2) is 5.11 Å². The summed E-state index contributed by atoms with van der Waals surface area (Å²) >= 11 is 13.6. The third-order valence-electron chi connectivity index (χ3n) is 2.38. The maximum absolute atomic E-state index is 9.34. The van der Waals surface area contributed by atoms with Gasteiger partial charge in [0.05, 0.1) is 10.7 Å². The Balaban J connectivity index is 2.11. The van der Waals surface area contributed by atoms with Gasteiger partial charge in [-0.2, -0.15) is 0 Å². The zero-order chi connectivity index (χ0) is 13.1. The molecule has 3 N–H and O–H groups in total. The number of aromatic hydroxyl groups is 1. The van der Waals surface area contributed by atoms with Crippen molar-refractivity contribution in [1.82, 2.24) is 0 Å². The normalized spacial score (nSPS) is 10.6. The zero-order valence-electron chi connectivity index (χ0n) is 9.36. The van der Waals surface area contributed by atoms with Crippen molar-refractivity contribution in [1.29, 1.82) is 0 Å². The highest BCUT2D eigenvalue weighted by atomic mass is 35.5. The Morgan fingerprint density at radius 2 is 1.89 bits per heavy atom. The van der Waals surface area contributed by atoms with Crippen LogP contribution in [0.2, 0.25) is 10.0 Å². The number of anilines is 1. The largest absolute Gasteiger partial charge is 0.506 e. The Morgan fingerprint density at radius 1 is 1.11 bits per heavy atom. The van der Waals surface area contributed by atoms with E-state index in [2.05, 4.69) is 0 Å². The fourth-order valence-electron chi connectivity index (χ4n) is 1.44. The minimum Gasteiger partial charge on any atom is -0.506 e. The van der Waals surface area contributed by atoms with Gasteiger partial charge in [-0.25, -0.2) is 0 Å². The highest BCUT2D eigenvalue weighted by molar-refractivity contribution is 7.98. The van der Waals surface area contributed by atoms with E-state index in [9.17, 15) is 5.11 Å². The first kappa shape index (κ1) is 13.4. The van der Waals surface area contributed by atoms with Crippen molar-refractivity contribution in [3.05, 3.63) is 52.0 Å². The second kappa shape index (κ2) is 5.74. The first-order chi connectivity index (χ1) is 8.56. The summed E-state index contributed by atoms with van der Waals surface area (Å²) in [7, 11) is 0. The smallest absolute Gasteiger partial charge is 0.138 e. The molecule has 0 atom stereocenters. The van der Waals surface area contributed by atoms with E-state index in [4.69, 9.17) is 28.9 Å². The number of nitrogen functional groups attached to an aromatic ring is 1. The molecule has 0 fully saturated rings. The lowest BCUT2D eigenvalue weighted by Crippen LogP contribution is -1.88. The molecule has 5 heteroatoms. The number of halogens is 2. The average Bonchev–Trinajstić information content (AvgIpc) is 2.34. The van der Waals surface area contributed by atoms with Crippen molar-refractivity contribution < 1.29 is 5.11 Å². The molecule has 0 amide bonds. The molecule has 0 unspecified atom stereocenters. The lowest BCUT2D eigenvalue weighted by atomic mass is 10.2. The van der Waals surface area contributed by atoms with Gasteiger partial charge in [-0.05, 0) is 35.9 Å². The monoisotopic (exact) mass is 299 g/mol. The van der Waals surface area contributed by atoms with Crippen molar-refractivity contribution in [2.24, 2.45) is 0 Å². The van der Waals surface area contributed by atoms with Crippen molar-refractivity contribution in [2.45, 2.75) is 10.6 Å². The molecule has 2 rings (SSSR count).